The van der Waals surface area contributed by atoms with Crippen molar-refractivity contribution in [3.63, 3.8) is 0 Å². The van der Waals surface area contributed by atoms with Crippen LogP contribution in [0.3, 0.4) is 0 Å². The summed E-state index contributed by atoms with van der Waals surface area (Å²) in [4.78, 5) is 24.5. The third kappa shape index (κ3) is 3.93. The highest BCUT2D eigenvalue weighted by molar-refractivity contribution is 5.88. The molecule has 3 aromatic heterocycles. The van der Waals surface area contributed by atoms with E-state index >= 15 is 0 Å². The highest BCUT2D eigenvalue weighted by Gasteiger charge is 2.34. The van der Waals surface area contributed by atoms with Gasteiger partial charge in [-0.05, 0) is 49.6 Å². The number of nitrogens with zero attached hydrogens (tertiary/aromatic N) is 4. The number of hydrogen-bond donors (Lipinski definition) is 1. The number of hydrogen-bond acceptors (Lipinski definition) is 6. The van der Waals surface area contributed by atoms with Crippen molar-refractivity contribution in [1.29, 1.82) is 0 Å². The first-order valence-corrected chi connectivity index (χ1v) is 11.6. The van der Waals surface area contributed by atoms with Crippen LogP contribution in [0.25, 0.3) is 10.9 Å². The van der Waals surface area contributed by atoms with Gasteiger partial charge in [-0.25, -0.2) is 9.97 Å². The number of piperidine rings is 1. The predicted octanol–water partition coefficient (Wildman–Crippen LogP) is 3.92. The molecule has 2 atom stereocenters. The molecular formula is C26H27N5O2. The van der Waals surface area contributed by atoms with Crippen molar-refractivity contribution in [2.75, 3.05) is 18.4 Å². The van der Waals surface area contributed by atoms with Gasteiger partial charge in [-0.3, -0.25) is 9.69 Å². The molecule has 5 heterocycles. The van der Waals surface area contributed by atoms with Crippen LogP contribution in [0.1, 0.15) is 35.4 Å². The maximum atomic E-state index is 12.3. The first-order valence-electron chi connectivity index (χ1n) is 11.6. The molecule has 2 bridgehead atoms. The van der Waals surface area contributed by atoms with Crippen molar-refractivity contribution < 1.29 is 4.42 Å². The van der Waals surface area contributed by atoms with Crippen LogP contribution in [-0.2, 0) is 19.6 Å². The molecule has 0 saturated carbocycles. The Kier molecular flexibility index (Phi) is 4.99. The number of nitrogens with one attached hydrogen (secondary N) is 1. The Morgan fingerprint density at radius 2 is 1.94 bits per heavy atom. The lowest BCUT2D eigenvalue weighted by Crippen LogP contribution is -2.46. The summed E-state index contributed by atoms with van der Waals surface area (Å²) in [5.74, 6) is 4.30. The second kappa shape index (κ2) is 8.15. The van der Waals surface area contributed by atoms with Crippen LogP contribution in [0.2, 0.25) is 0 Å². The van der Waals surface area contributed by atoms with Gasteiger partial charge in [-0.2, -0.15) is 0 Å². The number of furan rings is 1. The monoisotopic (exact) mass is 441 g/mol. The van der Waals surface area contributed by atoms with Gasteiger partial charge >= 0.3 is 0 Å². The van der Waals surface area contributed by atoms with Crippen LogP contribution in [0.5, 0.6) is 0 Å². The molecule has 0 radical (unpaired) electrons. The van der Waals surface area contributed by atoms with Gasteiger partial charge in [-0.15, -0.1) is 0 Å². The number of benzene rings is 1. The van der Waals surface area contributed by atoms with E-state index in [2.05, 4.69) is 22.3 Å². The Bertz CT molecular complexity index is 1370. The zero-order chi connectivity index (χ0) is 22.4. The van der Waals surface area contributed by atoms with E-state index < -0.39 is 0 Å². The predicted molar refractivity (Wildman–Crippen MR) is 127 cm³/mol. The normalized spacial score (nSPS) is 20.0. The van der Waals surface area contributed by atoms with Gasteiger partial charge in [0.1, 0.15) is 23.2 Å². The first kappa shape index (κ1) is 20.2. The topological polar surface area (TPSA) is 76.2 Å². The molecular weight excluding hydrogens is 414 g/mol. The lowest BCUT2D eigenvalue weighted by Gasteiger charge is -2.42. The second-order valence-electron chi connectivity index (χ2n) is 9.26. The van der Waals surface area contributed by atoms with Crippen LogP contribution in [0, 0.1) is 12.8 Å². The summed E-state index contributed by atoms with van der Waals surface area (Å²) in [7, 11) is 0. The number of aryl methyl sites for hydroxylation is 1. The van der Waals surface area contributed by atoms with Crippen LogP contribution >= 0.6 is 0 Å². The maximum absolute atomic E-state index is 12.3. The molecule has 1 aromatic carbocycles. The molecule has 2 aliphatic rings. The third-order valence-electron chi connectivity index (χ3n) is 6.80. The first-order chi connectivity index (χ1) is 16.1. The largest absolute Gasteiger partial charge is 0.465 e. The minimum Gasteiger partial charge on any atom is -0.465 e. The van der Waals surface area contributed by atoms with Crippen molar-refractivity contribution in [1.82, 2.24) is 19.4 Å². The molecule has 7 heteroatoms. The molecule has 6 rings (SSSR count). The van der Waals surface area contributed by atoms with Gasteiger partial charge in [-0.1, -0.05) is 18.2 Å². The average molecular weight is 442 g/mol. The fourth-order valence-corrected chi connectivity index (χ4v) is 5.41. The second-order valence-corrected chi connectivity index (χ2v) is 9.26. The summed E-state index contributed by atoms with van der Waals surface area (Å²) in [5, 5.41) is 4.46. The van der Waals surface area contributed by atoms with Gasteiger partial charge in [0.05, 0.1) is 18.6 Å². The van der Waals surface area contributed by atoms with Crippen LogP contribution < -0.4 is 10.9 Å². The Morgan fingerprint density at radius 1 is 1.03 bits per heavy atom. The van der Waals surface area contributed by atoms with E-state index in [0.717, 1.165) is 60.1 Å². The number of pyridine rings is 1. The zero-order valence-electron chi connectivity index (χ0n) is 18.7. The van der Waals surface area contributed by atoms with Crippen molar-refractivity contribution in [2.24, 2.45) is 5.92 Å². The Labute approximate surface area is 192 Å². The van der Waals surface area contributed by atoms with E-state index in [4.69, 9.17) is 14.4 Å². The van der Waals surface area contributed by atoms with Crippen LogP contribution in [0.4, 0.5) is 5.82 Å². The van der Waals surface area contributed by atoms with E-state index in [-0.39, 0.29) is 5.56 Å². The summed E-state index contributed by atoms with van der Waals surface area (Å²) >= 11 is 0. The fourth-order valence-electron chi connectivity index (χ4n) is 5.41. The molecule has 0 unspecified atom stereocenters. The molecule has 33 heavy (non-hydrogen) atoms. The summed E-state index contributed by atoms with van der Waals surface area (Å²) in [6.45, 7) is 5.91. The average Bonchev–Trinajstić information content (AvgIpc) is 3.23. The molecule has 1 fully saturated rings. The smallest absolute Gasteiger partial charge is 0.250 e. The molecule has 1 N–H and O–H groups in total. The summed E-state index contributed by atoms with van der Waals surface area (Å²) in [6.07, 6.45) is 1.15. The molecule has 0 amide bonds. The Balaban J connectivity index is 1.25. The van der Waals surface area contributed by atoms with E-state index in [9.17, 15) is 4.79 Å². The zero-order valence-corrected chi connectivity index (χ0v) is 18.7. The van der Waals surface area contributed by atoms with Crippen LogP contribution in [0.15, 0.2) is 63.8 Å². The van der Waals surface area contributed by atoms with Crippen LogP contribution in [-0.4, -0.2) is 32.5 Å². The maximum Gasteiger partial charge on any atom is 0.250 e. The van der Waals surface area contributed by atoms with Gasteiger partial charge in [0.25, 0.3) is 5.56 Å². The summed E-state index contributed by atoms with van der Waals surface area (Å²) in [6, 6.07) is 17.7. The molecule has 0 aliphatic carbocycles. The SMILES string of the molecule is Cc1ccc(CNc2nc(CN3C[C@@H]4C[C@@H](C3)c3cccc(=O)n3C4)nc3ccccc23)o1. The lowest BCUT2D eigenvalue weighted by molar-refractivity contribution is 0.112. The van der Waals surface area contributed by atoms with E-state index in [0.29, 0.717) is 24.9 Å². The highest BCUT2D eigenvalue weighted by atomic mass is 16.3. The molecule has 2 aliphatic heterocycles. The van der Waals surface area contributed by atoms with Crippen molar-refractivity contribution in [2.45, 2.75) is 38.9 Å². The van der Waals surface area contributed by atoms with E-state index in [1.807, 2.05) is 47.9 Å². The number of fused-ring (bicyclic) bond motifs is 5. The quantitative estimate of drug-likeness (QED) is 0.506. The summed E-state index contributed by atoms with van der Waals surface area (Å²) < 4.78 is 7.68. The summed E-state index contributed by atoms with van der Waals surface area (Å²) in [5.41, 5.74) is 2.23. The minimum atomic E-state index is 0.121. The Morgan fingerprint density at radius 3 is 2.82 bits per heavy atom. The molecule has 0 spiro atoms. The van der Waals surface area contributed by atoms with Gasteiger partial charge < -0.3 is 14.3 Å². The number of para-hydroxylation sites is 1. The lowest BCUT2D eigenvalue weighted by atomic mass is 9.83. The molecule has 4 aromatic rings. The number of anilines is 1. The molecule has 168 valence electrons. The molecule has 1 saturated heterocycles. The number of likely N-dealkylation sites (tertiary alicyclic amines) is 1. The number of rotatable bonds is 5. The van der Waals surface area contributed by atoms with Crippen molar-refractivity contribution >= 4 is 16.7 Å². The molecule has 7 nitrogen and oxygen atoms in total. The van der Waals surface area contributed by atoms with Gasteiger partial charge in [0.2, 0.25) is 0 Å². The van der Waals surface area contributed by atoms with E-state index in [1.54, 1.807) is 6.07 Å². The van der Waals surface area contributed by atoms with Gasteiger partial charge in [0, 0.05) is 42.7 Å². The number of aromatic nitrogens is 3. The van der Waals surface area contributed by atoms with Crippen molar-refractivity contribution in [3.05, 3.63) is 88.0 Å². The highest BCUT2D eigenvalue weighted by Crippen LogP contribution is 2.35. The third-order valence-corrected chi connectivity index (χ3v) is 6.80. The minimum absolute atomic E-state index is 0.121. The van der Waals surface area contributed by atoms with Gasteiger partial charge in [0.15, 0.2) is 0 Å². The van der Waals surface area contributed by atoms with Crippen molar-refractivity contribution in [3.8, 4) is 0 Å². The van der Waals surface area contributed by atoms with E-state index in [1.165, 1.54) is 5.69 Å². The fraction of sp³-hybridized carbons (Fsp3) is 0.346. The standard InChI is InChI=1S/C26H27N5O2/c1-17-9-10-20(33-17)12-27-26-21-5-2-3-6-22(21)28-24(29-26)16-30-13-18-11-19(15-30)23-7-4-8-25(32)31(23)14-18/h2-10,18-19H,11-16H2,1H3,(H,27,28,29)/t18-,19-/m0/s1. The Hall–Kier alpha value is -3.45.